The summed E-state index contributed by atoms with van der Waals surface area (Å²) in [6.07, 6.45) is 0. The summed E-state index contributed by atoms with van der Waals surface area (Å²) in [4.78, 5) is 29.2. The van der Waals surface area contributed by atoms with E-state index >= 15 is 0 Å². The Morgan fingerprint density at radius 1 is 0.960 bits per heavy atom. The first-order chi connectivity index (χ1) is 11.9. The van der Waals surface area contributed by atoms with E-state index in [4.69, 9.17) is 0 Å². The van der Waals surface area contributed by atoms with Gasteiger partial charge < -0.3 is 9.80 Å². The first kappa shape index (κ1) is 17.2. The molecule has 2 aromatic rings. The van der Waals surface area contributed by atoms with Crippen LogP contribution in [0.1, 0.15) is 34.0 Å². The molecular formula is C21H24N2O2. The van der Waals surface area contributed by atoms with Crippen LogP contribution in [0.3, 0.4) is 0 Å². The largest absolute Gasteiger partial charge is 0.325 e. The van der Waals surface area contributed by atoms with Gasteiger partial charge in [-0.3, -0.25) is 9.59 Å². The number of hydrogen-bond acceptors (Lipinski definition) is 2. The number of amides is 2. The topological polar surface area (TPSA) is 40.6 Å². The zero-order valence-corrected chi connectivity index (χ0v) is 15.2. The number of nitrogens with zero attached hydrogens (tertiary/aromatic N) is 2. The maximum atomic E-state index is 12.9. The van der Waals surface area contributed by atoms with E-state index in [-0.39, 0.29) is 11.8 Å². The summed E-state index contributed by atoms with van der Waals surface area (Å²) in [7, 11) is 0. The van der Waals surface area contributed by atoms with Gasteiger partial charge in [-0.2, -0.15) is 0 Å². The molecule has 1 atom stereocenters. The Kier molecular flexibility index (Phi) is 4.62. The monoisotopic (exact) mass is 336 g/mol. The van der Waals surface area contributed by atoms with Crippen LogP contribution in [0.4, 0.5) is 5.69 Å². The molecule has 1 saturated heterocycles. The molecule has 4 nitrogen and oxygen atoms in total. The van der Waals surface area contributed by atoms with Gasteiger partial charge in [-0.15, -0.1) is 0 Å². The molecule has 1 heterocycles. The van der Waals surface area contributed by atoms with Gasteiger partial charge in [-0.25, -0.2) is 0 Å². The van der Waals surface area contributed by atoms with Crippen LogP contribution in [0.25, 0.3) is 0 Å². The molecule has 3 rings (SSSR count). The standard InChI is InChI=1S/C21H24N2O2/c1-14-9-10-18(13-16(14)3)23-12-11-22(17(4)20(23)24)21(25)19-8-6-5-7-15(19)2/h5-10,13,17H,11-12H2,1-4H3. The summed E-state index contributed by atoms with van der Waals surface area (Å²) in [5.74, 6) is -0.102. The van der Waals surface area contributed by atoms with Crippen molar-refractivity contribution in [2.24, 2.45) is 0 Å². The second-order valence-electron chi connectivity index (χ2n) is 6.75. The third kappa shape index (κ3) is 3.16. The lowest BCUT2D eigenvalue weighted by molar-refractivity contribution is -0.124. The normalized spacial score (nSPS) is 17.8. The average molecular weight is 336 g/mol. The minimum Gasteiger partial charge on any atom is -0.325 e. The highest BCUT2D eigenvalue weighted by molar-refractivity contribution is 6.03. The van der Waals surface area contributed by atoms with E-state index in [1.54, 1.807) is 9.80 Å². The SMILES string of the molecule is Cc1ccc(N2CCN(C(=O)c3ccccc3C)C(C)C2=O)cc1C. The van der Waals surface area contributed by atoms with Gasteiger partial charge in [0.2, 0.25) is 5.91 Å². The van der Waals surface area contributed by atoms with Crippen LogP contribution in [-0.4, -0.2) is 35.8 Å². The van der Waals surface area contributed by atoms with Crippen molar-refractivity contribution in [3.05, 3.63) is 64.7 Å². The predicted octanol–water partition coefficient (Wildman–Crippen LogP) is 3.49. The lowest BCUT2D eigenvalue weighted by atomic mass is 10.0. The van der Waals surface area contributed by atoms with Gasteiger partial charge in [0.15, 0.2) is 0 Å². The molecule has 0 radical (unpaired) electrons. The average Bonchev–Trinajstić information content (AvgIpc) is 2.60. The number of hydrogen-bond donors (Lipinski definition) is 0. The van der Waals surface area contributed by atoms with Crippen molar-refractivity contribution in [3.8, 4) is 0 Å². The minimum atomic E-state index is -0.470. The van der Waals surface area contributed by atoms with Crippen LogP contribution in [0, 0.1) is 20.8 Å². The summed E-state index contributed by atoms with van der Waals surface area (Å²) >= 11 is 0. The Bertz CT molecular complexity index is 828. The van der Waals surface area contributed by atoms with E-state index in [0.29, 0.717) is 18.7 Å². The molecule has 0 saturated carbocycles. The van der Waals surface area contributed by atoms with E-state index in [1.807, 2.05) is 63.2 Å². The van der Waals surface area contributed by atoms with Crippen molar-refractivity contribution in [2.45, 2.75) is 33.7 Å². The molecule has 4 heteroatoms. The van der Waals surface area contributed by atoms with E-state index in [9.17, 15) is 9.59 Å². The molecule has 2 amide bonds. The van der Waals surface area contributed by atoms with Crippen LogP contribution in [0.15, 0.2) is 42.5 Å². The second-order valence-corrected chi connectivity index (χ2v) is 6.75. The maximum absolute atomic E-state index is 12.9. The summed E-state index contributed by atoms with van der Waals surface area (Å²) in [6.45, 7) is 8.89. The summed E-state index contributed by atoms with van der Waals surface area (Å²) in [5.41, 5.74) is 4.88. The predicted molar refractivity (Wildman–Crippen MR) is 99.9 cm³/mol. The van der Waals surface area contributed by atoms with Gasteiger partial charge in [0, 0.05) is 24.3 Å². The Balaban J connectivity index is 1.83. The molecule has 0 bridgehead atoms. The molecule has 130 valence electrons. The van der Waals surface area contributed by atoms with Crippen molar-refractivity contribution in [1.82, 2.24) is 4.90 Å². The lowest BCUT2D eigenvalue weighted by Gasteiger charge is -2.39. The van der Waals surface area contributed by atoms with Gasteiger partial charge in [0.25, 0.3) is 5.91 Å². The lowest BCUT2D eigenvalue weighted by Crippen LogP contribution is -2.57. The molecule has 0 N–H and O–H groups in total. The number of aryl methyl sites for hydroxylation is 3. The molecule has 0 aromatic heterocycles. The quantitative estimate of drug-likeness (QED) is 0.842. The fraction of sp³-hybridized carbons (Fsp3) is 0.333. The Morgan fingerprint density at radius 3 is 2.36 bits per heavy atom. The number of piperazine rings is 1. The third-order valence-electron chi connectivity index (χ3n) is 5.09. The molecule has 2 aromatic carbocycles. The highest BCUT2D eigenvalue weighted by Gasteiger charge is 2.35. The Hall–Kier alpha value is -2.62. The van der Waals surface area contributed by atoms with Crippen LogP contribution < -0.4 is 4.90 Å². The fourth-order valence-electron chi connectivity index (χ4n) is 3.27. The van der Waals surface area contributed by atoms with E-state index in [0.717, 1.165) is 16.8 Å². The minimum absolute atomic E-state index is 0.0311. The summed E-state index contributed by atoms with van der Waals surface area (Å²) in [6, 6.07) is 13.1. The molecule has 0 spiro atoms. The second kappa shape index (κ2) is 6.71. The van der Waals surface area contributed by atoms with Crippen molar-refractivity contribution in [2.75, 3.05) is 18.0 Å². The third-order valence-corrected chi connectivity index (χ3v) is 5.09. The first-order valence-corrected chi connectivity index (χ1v) is 8.65. The van der Waals surface area contributed by atoms with Crippen LogP contribution in [0.5, 0.6) is 0 Å². The molecule has 1 unspecified atom stereocenters. The van der Waals surface area contributed by atoms with Gasteiger partial charge in [-0.05, 0) is 62.6 Å². The smallest absolute Gasteiger partial charge is 0.254 e. The van der Waals surface area contributed by atoms with Crippen molar-refractivity contribution in [1.29, 1.82) is 0 Å². The Morgan fingerprint density at radius 2 is 1.68 bits per heavy atom. The van der Waals surface area contributed by atoms with E-state index < -0.39 is 6.04 Å². The molecule has 1 fully saturated rings. The zero-order chi connectivity index (χ0) is 18.1. The number of carbonyl (C=O) groups excluding carboxylic acids is 2. The number of benzene rings is 2. The molecule has 25 heavy (non-hydrogen) atoms. The van der Waals surface area contributed by atoms with Gasteiger partial charge in [0.1, 0.15) is 6.04 Å². The number of rotatable bonds is 2. The van der Waals surface area contributed by atoms with E-state index in [2.05, 4.69) is 6.92 Å². The Labute approximate surface area is 149 Å². The fourth-order valence-corrected chi connectivity index (χ4v) is 3.27. The number of anilines is 1. The van der Waals surface area contributed by atoms with Crippen LogP contribution in [0.2, 0.25) is 0 Å². The van der Waals surface area contributed by atoms with Crippen molar-refractivity contribution >= 4 is 17.5 Å². The van der Waals surface area contributed by atoms with Gasteiger partial charge in [-0.1, -0.05) is 24.3 Å². The molecule has 1 aliphatic heterocycles. The maximum Gasteiger partial charge on any atom is 0.254 e. The highest BCUT2D eigenvalue weighted by Crippen LogP contribution is 2.24. The number of carbonyl (C=O) groups is 2. The first-order valence-electron chi connectivity index (χ1n) is 8.65. The van der Waals surface area contributed by atoms with Gasteiger partial charge >= 0.3 is 0 Å². The molecule has 1 aliphatic rings. The van der Waals surface area contributed by atoms with Gasteiger partial charge in [0.05, 0.1) is 0 Å². The zero-order valence-electron chi connectivity index (χ0n) is 15.2. The van der Waals surface area contributed by atoms with E-state index in [1.165, 1.54) is 5.56 Å². The van der Waals surface area contributed by atoms with Crippen LogP contribution >= 0.6 is 0 Å². The summed E-state index contributed by atoms with van der Waals surface area (Å²) in [5, 5.41) is 0. The molecular weight excluding hydrogens is 312 g/mol. The molecule has 0 aliphatic carbocycles. The highest BCUT2D eigenvalue weighted by atomic mass is 16.2. The summed E-state index contributed by atoms with van der Waals surface area (Å²) < 4.78 is 0. The van der Waals surface area contributed by atoms with Crippen LogP contribution in [-0.2, 0) is 4.79 Å². The van der Waals surface area contributed by atoms with Crippen molar-refractivity contribution < 1.29 is 9.59 Å². The van der Waals surface area contributed by atoms with Crippen molar-refractivity contribution in [3.63, 3.8) is 0 Å².